The van der Waals surface area contributed by atoms with Crippen molar-refractivity contribution in [3.8, 4) is 11.1 Å². The van der Waals surface area contributed by atoms with E-state index in [1.165, 1.54) is 19.2 Å². The minimum Gasteiger partial charge on any atom is -0.465 e. The molecule has 0 bridgehead atoms. The van der Waals surface area contributed by atoms with Crippen molar-refractivity contribution in [2.24, 2.45) is 11.7 Å². The molecule has 0 aliphatic rings. The van der Waals surface area contributed by atoms with Crippen LogP contribution in [0.3, 0.4) is 0 Å². The van der Waals surface area contributed by atoms with Crippen molar-refractivity contribution in [1.82, 2.24) is 4.57 Å². The summed E-state index contributed by atoms with van der Waals surface area (Å²) in [6.45, 7) is 4.62. The molecule has 0 aliphatic carbocycles. The molecule has 2 N–H and O–H groups in total. The van der Waals surface area contributed by atoms with Crippen molar-refractivity contribution in [1.29, 1.82) is 0 Å². The third-order valence-corrected chi connectivity index (χ3v) is 4.65. The number of carbonyl (C=O) groups is 1. The third-order valence-electron chi connectivity index (χ3n) is 4.65. The summed E-state index contributed by atoms with van der Waals surface area (Å²) in [6.07, 6.45) is 0. The minimum absolute atomic E-state index is 0.103. The second kappa shape index (κ2) is 7.94. The fourth-order valence-electron chi connectivity index (χ4n) is 3.48. The van der Waals surface area contributed by atoms with Gasteiger partial charge in [0, 0.05) is 29.7 Å². The van der Waals surface area contributed by atoms with Gasteiger partial charge in [-0.25, -0.2) is 9.18 Å². The Bertz CT molecular complexity index is 1100. The molecule has 5 nitrogen and oxygen atoms in total. The van der Waals surface area contributed by atoms with Crippen molar-refractivity contribution < 1.29 is 13.9 Å². The van der Waals surface area contributed by atoms with Gasteiger partial charge in [0.15, 0.2) is 0 Å². The second-order valence-corrected chi connectivity index (χ2v) is 7.10. The van der Waals surface area contributed by atoms with Gasteiger partial charge in [-0.2, -0.15) is 0 Å². The largest absolute Gasteiger partial charge is 0.465 e. The summed E-state index contributed by atoms with van der Waals surface area (Å²) < 4.78 is 20.4. The Morgan fingerprint density at radius 3 is 2.54 bits per heavy atom. The highest BCUT2D eigenvalue weighted by Crippen LogP contribution is 2.32. The van der Waals surface area contributed by atoms with Crippen molar-refractivity contribution in [3.05, 3.63) is 69.9 Å². The monoisotopic (exact) mass is 382 g/mol. The number of esters is 1. The minimum atomic E-state index is -0.507. The van der Waals surface area contributed by atoms with Gasteiger partial charge in [0.25, 0.3) is 5.56 Å². The maximum atomic E-state index is 14.0. The van der Waals surface area contributed by atoms with Gasteiger partial charge >= 0.3 is 5.97 Å². The number of halogens is 1. The molecule has 0 fully saturated rings. The Balaban J connectivity index is 2.48. The van der Waals surface area contributed by atoms with E-state index in [0.29, 0.717) is 39.7 Å². The molecule has 0 amide bonds. The van der Waals surface area contributed by atoms with Crippen LogP contribution in [0.15, 0.2) is 47.3 Å². The average molecular weight is 382 g/mol. The van der Waals surface area contributed by atoms with Crippen molar-refractivity contribution in [2.75, 3.05) is 7.11 Å². The van der Waals surface area contributed by atoms with Gasteiger partial charge in [0.05, 0.1) is 12.7 Å². The maximum absolute atomic E-state index is 14.0. The Morgan fingerprint density at radius 1 is 1.18 bits per heavy atom. The number of ether oxygens (including phenoxy) is 1. The van der Waals surface area contributed by atoms with E-state index in [1.54, 1.807) is 34.9 Å². The van der Waals surface area contributed by atoms with Gasteiger partial charge in [-0.05, 0) is 47.2 Å². The van der Waals surface area contributed by atoms with E-state index in [0.717, 1.165) is 0 Å². The molecule has 0 aliphatic heterocycles. The number of aromatic nitrogens is 1. The van der Waals surface area contributed by atoms with Gasteiger partial charge in [0.1, 0.15) is 5.82 Å². The number of rotatable bonds is 5. The summed E-state index contributed by atoms with van der Waals surface area (Å²) >= 11 is 0. The molecule has 0 saturated heterocycles. The molecular formula is C22H23FN2O3. The van der Waals surface area contributed by atoms with Gasteiger partial charge in [-0.3, -0.25) is 4.79 Å². The van der Waals surface area contributed by atoms with Crippen LogP contribution in [-0.2, 0) is 17.8 Å². The number of carbonyl (C=O) groups excluding carboxylic acids is 1. The van der Waals surface area contributed by atoms with Crippen LogP contribution in [0, 0.1) is 11.7 Å². The molecule has 1 heterocycles. The Kier molecular flexibility index (Phi) is 5.61. The molecule has 3 aromatic rings. The lowest BCUT2D eigenvalue weighted by molar-refractivity contribution is 0.0601. The molecule has 0 atom stereocenters. The maximum Gasteiger partial charge on any atom is 0.337 e. The van der Waals surface area contributed by atoms with Crippen LogP contribution >= 0.6 is 0 Å². The van der Waals surface area contributed by atoms with Crippen molar-refractivity contribution in [2.45, 2.75) is 26.9 Å². The summed E-state index contributed by atoms with van der Waals surface area (Å²) in [5.41, 5.74) is 8.05. The third kappa shape index (κ3) is 3.55. The van der Waals surface area contributed by atoms with Crippen LogP contribution in [0.25, 0.3) is 21.9 Å². The first-order valence-corrected chi connectivity index (χ1v) is 9.11. The fraction of sp³-hybridized carbons (Fsp3) is 0.273. The number of hydrogen-bond acceptors (Lipinski definition) is 4. The number of fused-ring (bicyclic) bond motifs is 1. The second-order valence-electron chi connectivity index (χ2n) is 7.10. The SMILES string of the molecule is COC(=O)c1ccc2c(=O)n(CC(C)C)c(CN)c(-c3cccc(F)c3)c2c1. The number of hydrogen-bond donors (Lipinski definition) is 1. The molecule has 0 spiro atoms. The lowest BCUT2D eigenvalue weighted by Gasteiger charge is -2.21. The molecule has 1 aromatic heterocycles. The number of nitrogens with two attached hydrogens (primary N) is 1. The van der Waals surface area contributed by atoms with Gasteiger partial charge in [-0.15, -0.1) is 0 Å². The predicted molar refractivity (Wildman–Crippen MR) is 108 cm³/mol. The zero-order valence-electron chi connectivity index (χ0n) is 16.2. The van der Waals surface area contributed by atoms with Crippen LogP contribution in [-0.4, -0.2) is 17.6 Å². The normalized spacial score (nSPS) is 11.2. The molecule has 2 aromatic carbocycles. The Labute approximate surface area is 162 Å². The van der Waals surface area contributed by atoms with Crippen LogP contribution in [0.5, 0.6) is 0 Å². The van der Waals surface area contributed by atoms with E-state index in [1.807, 2.05) is 13.8 Å². The molecule has 6 heteroatoms. The van der Waals surface area contributed by atoms with Crippen LogP contribution < -0.4 is 11.3 Å². The van der Waals surface area contributed by atoms with Crippen LogP contribution in [0.4, 0.5) is 4.39 Å². The first-order chi connectivity index (χ1) is 13.4. The summed E-state index contributed by atoms with van der Waals surface area (Å²) in [7, 11) is 1.30. The Hall–Kier alpha value is -2.99. The van der Waals surface area contributed by atoms with E-state index in [4.69, 9.17) is 10.5 Å². The topological polar surface area (TPSA) is 74.3 Å². The molecular weight excluding hydrogens is 359 g/mol. The van der Waals surface area contributed by atoms with E-state index < -0.39 is 5.97 Å². The predicted octanol–water partition coefficient (Wildman–Crippen LogP) is 3.71. The lowest BCUT2D eigenvalue weighted by Crippen LogP contribution is -2.28. The Morgan fingerprint density at radius 2 is 1.93 bits per heavy atom. The first-order valence-electron chi connectivity index (χ1n) is 9.11. The number of methoxy groups -OCH3 is 1. The van der Waals surface area contributed by atoms with Gasteiger partial charge in [0.2, 0.25) is 0 Å². The van der Waals surface area contributed by atoms with Gasteiger partial charge in [-0.1, -0.05) is 26.0 Å². The highest BCUT2D eigenvalue weighted by Gasteiger charge is 2.20. The van der Waals surface area contributed by atoms with Crippen molar-refractivity contribution in [3.63, 3.8) is 0 Å². The quantitative estimate of drug-likeness (QED) is 0.683. The number of pyridine rings is 1. The zero-order chi connectivity index (χ0) is 20.4. The highest BCUT2D eigenvalue weighted by atomic mass is 19.1. The zero-order valence-corrected chi connectivity index (χ0v) is 16.2. The fourth-order valence-corrected chi connectivity index (χ4v) is 3.48. The molecule has 0 radical (unpaired) electrons. The summed E-state index contributed by atoms with van der Waals surface area (Å²) in [4.78, 5) is 25.2. The highest BCUT2D eigenvalue weighted by molar-refractivity contribution is 6.02. The van der Waals surface area contributed by atoms with E-state index in [-0.39, 0.29) is 23.8 Å². The summed E-state index contributed by atoms with van der Waals surface area (Å²) in [5, 5.41) is 1.00. The molecule has 0 unspecified atom stereocenters. The summed E-state index contributed by atoms with van der Waals surface area (Å²) in [6, 6.07) is 10.9. The number of benzene rings is 2. The van der Waals surface area contributed by atoms with E-state index >= 15 is 0 Å². The summed E-state index contributed by atoms with van der Waals surface area (Å²) in [5.74, 6) is -0.678. The van der Waals surface area contributed by atoms with E-state index in [9.17, 15) is 14.0 Å². The smallest absolute Gasteiger partial charge is 0.337 e. The molecule has 0 saturated carbocycles. The van der Waals surface area contributed by atoms with Crippen molar-refractivity contribution >= 4 is 16.7 Å². The van der Waals surface area contributed by atoms with Crippen LogP contribution in [0.2, 0.25) is 0 Å². The molecule has 146 valence electrons. The van der Waals surface area contributed by atoms with Crippen LogP contribution in [0.1, 0.15) is 29.9 Å². The molecule has 28 heavy (non-hydrogen) atoms. The number of nitrogens with zero attached hydrogens (tertiary/aromatic N) is 1. The average Bonchev–Trinajstić information content (AvgIpc) is 2.68. The van der Waals surface area contributed by atoms with E-state index in [2.05, 4.69) is 0 Å². The lowest BCUT2D eigenvalue weighted by atomic mass is 9.95. The van der Waals surface area contributed by atoms with Gasteiger partial charge < -0.3 is 15.0 Å². The first kappa shape index (κ1) is 19.8. The molecule has 3 rings (SSSR count). The standard InChI is InChI=1S/C22H23FN2O3/c1-13(2)12-25-19(11-24)20(14-5-4-6-16(23)9-14)18-10-15(22(27)28-3)7-8-17(18)21(25)26/h4-10,13H,11-12,24H2,1-3H3.